The van der Waals surface area contributed by atoms with Crippen LogP contribution in [0.3, 0.4) is 0 Å². The second kappa shape index (κ2) is 8.43. The second-order valence-electron chi connectivity index (χ2n) is 6.43. The Morgan fingerprint density at radius 3 is 2.18 bits per heavy atom. The number of nitrogens with one attached hydrogen (secondary N) is 1. The van der Waals surface area contributed by atoms with Gasteiger partial charge >= 0.3 is 0 Å². The maximum Gasteiger partial charge on any atom is 0.269 e. The zero-order valence-electron chi connectivity index (χ0n) is 15.1. The average Bonchev–Trinajstić information content (AvgIpc) is 2.93. The number of nitro benzene ring substituents is 1. The minimum absolute atomic E-state index is 0.0287. The molecule has 144 valence electrons. The summed E-state index contributed by atoms with van der Waals surface area (Å²) in [4.78, 5) is 47.8. The van der Waals surface area contributed by atoms with E-state index in [0.29, 0.717) is 30.5 Å². The van der Waals surface area contributed by atoms with Crippen LogP contribution in [0.15, 0.2) is 48.5 Å². The molecule has 0 saturated heterocycles. The number of fused-ring (bicyclic) bond motifs is 1. The van der Waals surface area contributed by atoms with Crippen LogP contribution < -0.4 is 5.32 Å². The first kappa shape index (κ1) is 19.2. The number of imide groups is 1. The van der Waals surface area contributed by atoms with Crippen molar-refractivity contribution in [3.63, 3.8) is 0 Å². The topological polar surface area (TPSA) is 110 Å². The van der Waals surface area contributed by atoms with E-state index in [0.717, 1.165) is 5.56 Å². The van der Waals surface area contributed by atoms with Crippen molar-refractivity contribution in [3.8, 4) is 0 Å². The normalized spacial score (nSPS) is 12.8. The molecule has 0 aliphatic carbocycles. The molecule has 28 heavy (non-hydrogen) atoms. The van der Waals surface area contributed by atoms with Gasteiger partial charge in [0.15, 0.2) is 0 Å². The maximum atomic E-state index is 12.2. The van der Waals surface area contributed by atoms with Crippen molar-refractivity contribution in [2.75, 3.05) is 13.1 Å². The first-order valence-electron chi connectivity index (χ1n) is 8.92. The van der Waals surface area contributed by atoms with Crippen LogP contribution in [-0.2, 0) is 11.2 Å². The van der Waals surface area contributed by atoms with E-state index in [1.165, 1.54) is 17.0 Å². The largest absolute Gasteiger partial charge is 0.356 e. The minimum atomic E-state index is -0.458. The molecule has 1 aliphatic rings. The molecule has 8 nitrogen and oxygen atoms in total. The zero-order valence-corrected chi connectivity index (χ0v) is 15.1. The summed E-state index contributed by atoms with van der Waals surface area (Å²) in [5, 5.41) is 13.4. The third-order valence-corrected chi connectivity index (χ3v) is 4.55. The van der Waals surface area contributed by atoms with Gasteiger partial charge in [-0.1, -0.05) is 24.3 Å². The van der Waals surface area contributed by atoms with Crippen molar-refractivity contribution >= 4 is 23.4 Å². The lowest BCUT2D eigenvalue weighted by Gasteiger charge is -2.13. The Kier molecular flexibility index (Phi) is 5.78. The quantitative estimate of drug-likeness (QED) is 0.429. The summed E-state index contributed by atoms with van der Waals surface area (Å²) in [6.45, 7) is 0.603. The molecule has 1 aliphatic heterocycles. The number of non-ortho nitro benzene ring substituents is 1. The van der Waals surface area contributed by atoms with Crippen LogP contribution in [-0.4, -0.2) is 40.6 Å². The Balaban J connectivity index is 1.39. The van der Waals surface area contributed by atoms with Gasteiger partial charge in [-0.2, -0.15) is 0 Å². The third-order valence-electron chi connectivity index (χ3n) is 4.55. The molecule has 3 rings (SSSR count). The number of rotatable bonds is 8. The fraction of sp³-hybridized carbons (Fsp3) is 0.250. The molecule has 0 spiro atoms. The molecule has 0 saturated carbocycles. The number of amides is 3. The van der Waals surface area contributed by atoms with Crippen LogP contribution in [0, 0.1) is 10.1 Å². The molecule has 8 heteroatoms. The summed E-state index contributed by atoms with van der Waals surface area (Å²) in [5.74, 6) is -0.808. The van der Waals surface area contributed by atoms with Gasteiger partial charge < -0.3 is 5.32 Å². The first-order valence-corrected chi connectivity index (χ1v) is 8.92. The van der Waals surface area contributed by atoms with Gasteiger partial charge in [-0.15, -0.1) is 0 Å². The molecule has 0 bridgehead atoms. The highest BCUT2D eigenvalue weighted by Gasteiger charge is 2.34. The van der Waals surface area contributed by atoms with Crippen LogP contribution in [0.25, 0.3) is 0 Å². The van der Waals surface area contributed by atoms with E-state index in [-0.39, 0.29) is 36.4 Å². The van der Waals surface area contributed by atoms with Crippen molar-refractivity contribution in [2.45, 2.75) is 19.3 Å². The molecule has 0 aromatic heterocycles. The highest BCUT2D eigenvalue weighted by atomic mass is 16.6. The highest BCUT2D eigenvalue weighted by molar-refractivity contribution is 6.21. The van der Waals surface area contributed by atoms with E-state index in [4.69, 9.17) is 0 Å². The average molecular weight is 381 g/mol. The highest BCUT2D eigenvalue weighted by Crippen LogP contribution is 2.22. The molecular weight excluding hydrogens is 362 g/mol. The molecular formula is C20H19N3O5. The lowest BCUT2D eigenvalue weighted by atomic mass is 10.1. The van der Waals surface area contributed by atoms with Gasteiger partial charge in [-0.25, -0.2) is 0 Å². The van der Waals surface area contributed by atoms with Gasteiger partial charge in [0.25, 0.3) is 17.5 Å². The van der Waals surface area contributed by atoms with Crippen LogP contribution in [0.1, 0.15) is 39.1 Å². The number of hydrogen-bond donors (Lipinski definition) is 1. The fourth-order valence-corrected chi connectivity index (χ4v) is 3.06. The van der Waals surface area contributed by atoms with E-state index in [2.05, 4.69) is 5.32 Å². The first-order chi connectivity index (χ1) is 13.5. The maximum absolute atomic E-state index is 12.2. The van der Waals surface area contributed by atoms with Crippen molar-refractivity contribution in [1.82, 2.24) is 10.2 Å². The zero-order chi connectivity index (χ0) is 20.1. The van der Waals surface area contributed by atoms with Gasteiger partial charge in [0.1, 0.15) is 0 Å². The lowest BCUT2D eigenvalue weighted by Crippen LogP contribution is -2.32. The Morgan fingerprint density at radius 2 is 1.61 bits per heavy atom. The summed E-state index contributed by atoms with van der Waals surface area (Å²) in [6.07, 6.45) is 1.14. The predicted molar refractivity (Wildman–Crippen MR) is 101 cm³/mol. The van der Waals surface area contributed by atoms with E-state index in [1.807, 2.05) is 0 Å². The Morgan fingerprint density at radius 1 is 1.00 bits per heavy atom. The molecule has 1 heterocycles. The van der Waals surface area contributed by atoms with Crippen LogP contribution in [0.5, 0.6) is 0 Å². The van der Waals surface area contributed by atoms with Gasteiger partial charge in [-0.05, 0) is 30.5 Å². The van der Waals surface area contributed by atoms with Gasteiger partial charge in [-0.3, -0.25) is 29.4 Å². The summed E-state index contributed by atoms with van der Waals surface area (Å²) in [6, 6.07) is 12.9. The molecule has 0 fully saturated rings. The van der Waals surface area contributed by atoms with Crippen LogP contribution in [0.4, 0.5) is 5.69 Å². The number of hydrogen-bond acceptors (Lipinski definition) is 5. The monoisotopic (exact) mass is 381 g/mol. The van der Waals surface area contributed by atoms with Crippen LogP contribution in [0.2, 0.25) is 0 Å². The fourth-order valence-electron chi connectivity index (χ4n) is 3.06. The smallest absolute Gasteiger partial charge is 0.269 e. The molecule has 2 aromatic rings. The molecule has 0 atom stereocenters. The second-order valence-corrected chi connectivity index (χ2v) is 6.43. The number of benzene rings is 2. The molecule has 0 radical (unpaired) electrons. The van der Waals surface area contributed by atoms with E-state index >= 15 is 0 Å². The molecule has 2 aromatic carbocycles. The number of nitrogens with zero attached hydrogens (tertiary/aromatic N) is 2. The number of nitro groups is 1. The Labute approximate surface area is 161 Å². The number of carbonyl (C=O) groups excluding carboxylic acids is 3. The van der Waals surface area contributed by atoms with Crippen molar-refractivity contribution in [1.29, 1.82) is 0 Å². The predicted octanol–water partition coefficient (Wildman–Crippen LogP) is 2.33. The van der Waals surface area contributed by atoms with Gasteiger partial charge in [0.2, 0.25) is 5.91 Å². The van der Waals surface area contributed by atoms with E-state index in [9.17, 15) is 24.5 Å². The molecule has 0 unspecified atom stereocenters. The summed E-state index contributed by atoms with van der Waals surface area (Å²) < 4.78 is 0. The Bertz CT molecular complexity index is 889. The summed E-state index contributed by atoms with van der Waals surface area (Å²) in [7, 11) is 0. The number of carbonyl (C=O) groups is 3. The van der Waals surface area contributed by atoms with Crippen molar-refractivity contribution in [2.24, 2.45) is 0 Å². The SMILES string of the molecule is O=C(CCCN1C(=O)c2ccccc2C1=O)NCCc1ccc([N+](=O)[O-])cc1. The lowest BCUT2D eigenvalue weighted by molar-refractivity contribution is -0.384. The van der Waals surface area contributed by atoms with Crippen molar-refractivity contribution < 1.29 is 19.3 Å². The van der Waals surface area contributed by atoms with Gasteiger partial charge in [0.05, 0.1) is 16.1 Å². The minimum Gasteiger partial charge on any atom is -0.356 e. The van der Waals surface area contributed by atoms with E-state index in [1.54, 1.807) is 36.4 Å². The Hall–Kier alpha value is -3.55. The molecule has 1 N–H and O–H groups in total. The van der Waals surface area contributed by atoms with Crippen LogP contribution >= 0.6 is 0 Å². The summed E-state index contributed by atoms with van der Waals surface area (Å²) in [5.41, 5.74) is 1.72. The van der Waals surface area contributed by atoms with Crippen molar-refractivity contribution in [3.05, 3.63) is 75.3 Å². The molecule has 3 amide bonds. The standard InChI is InChI=1S/C20H19N3O5/c24-18(21-12-11-14-7-9-15(10-8-14)23(27)28)6-3-13-22-19(25)16-4-1-2-5-17(16)20(22)26/h1-2,4-5,7-10H,3,6,11-13H2,(H,21,24). The van der Waals surface area contributed by atoms with E-state index < -0.39 is 4.92 Å². The third kappa shape index (κ3) is 4.22. The van der Waals surface area contributed by atoms with Gasteiger partial charge in [0, 0.05) is 31.6 Å². The summed E-state index contributed by atoms with van der Waals surface area (Å²) >= 11 is 0.